The average molecular weight is 406 g/mol. The highest BCUT2D eigenvalue weighted by molar-refractivity contribution is 7.08. The molecule has 28 heavy (non-hydrogen) atoms. The Morgan fingerprint density at radius 1 is 1.07 bits per heavy atom. The van der Waals surface area contributed by atoms with Crippen molar-refractivity contribution in [2.45, 2.75) is 12.3 Å². The second-order valence-corrected chi connectivity index (χ2v) is 7.94. The predicted octanol–water partition coefficient (Wildman–Crippen LogP) is 5.73. The van der Waals surface area contributed by atoms with Gasteiger partial charge in [-0.3, -0.25) is 4.79 Å². The van der Waals surface area contributed by atoms with E-state index < -0.39 is 0 Å². The number of halogens is 1. The summed E-state index contributed by atoms with van der Waals surface area (Å²) in [6, 6.07) is 19.6. The van der Waals surface area contributed by atoms with Gasteiger partial charge in [0, 0.05) is 28.5 Å². The van der Waals surface area contributed by atoms with Crippen LogP contribution in [0.5, 0.6) is 0 Å². The van der Waals surface area contributed by atoms with Crippen LogP contribution in [0.15, 0.2) is 71.4 Å². The van der Waals surface area contributed by atoms with Crippen molar-refractivity contribution in [2.24, 2.45) is 0 Å². The Morgan fingerprint density at radius 2 is 1.86 bits per heavy atom. The molecule has 2 aromatic carbocycles. The van der Waals surface area contributed by atoms with Crippen LogP contribution in [0.25, 0.3) is 16.9 Å². The van der Waals surface area contributed by atoms with Gasteiger partial charge in [-0.25, -0.2) is 4.68 Å². The summed E-state index contributed by atoms with van der Waals surface area (Å²) in [4.78, 5) is 12.5. The third-order valence-electron chi connectivity index (χ3n) is 4.98. The number of hydrogen-bond acceptors (Lipinski definition) is 3. The summed E-state index contributed by atoms with van der Waals surface area (Å²) in [5, 5.41) is 12.8. The van der Waals surface area contributed by atoms with Crippen LogP contribution in [-0.2, 0) is 4.79 Å². The zero-order valence-corrected chi connectivity index (χ0v) is 16.4. The normalized spacial score (nSPS) is 15.9. The first kappa shape index (κ1) is 17.2. The number of thiophene rings is 1. The third kappa shape index (κ3) is 2.93. The van der Waals surface area contributed by atoms with Crippen molar-refractivity contribution in [2.75, 3.05) is 5.32 Å². The number of para-hydroxylation sites is 1. The fourth-order valence-electron chi connectivity index (χ4n) is 3.69. The molecule has 0 spiro atoms. The molecule has 138 valence electrons. The topological polar surface area (TPSA) is 46.9 Å². The van der Waals surface area contributed by atoms with Gasteiger partial charge in [0.1, 0.15) is 5.82 Å². The molecule has 1 unspecified atom stereocenters. The predicted molar refractivity (Wildman–Crippen MR) is 113 cm³/mol. The Balaban J connectivity index is 1.77. The van der Waals surface area contributed by atoms with Crippen LogP contribution in [0.4, 0.5) is 5.82 Å². The van der Waals surface area contributed by atoms with Gasteiger partial charge in [0.2, 0.25) is 5.91 Å². The molecule has 6 heteroatoms. The number of aromatic nitrogens is 2. The number of carbonyl (C=O) groups is 1. The van der Waals surface area contributed by atoms with Gasteiger partial charge in [-0.1, -0.05) is 41.9 Å². The lowest BCUT2D eigenvalue weighted by Gasteiger charge is -2.24. The summed E-state index contributed by atoms with van der Waals surface area (Å²) in [7, 11) is 0. The Labute approximate surface area is 171 Å². The first-order valence-electron chi connectivity index (χ1n) is 8.97. The largest absolute Gasteiger partial charge is 0.310 e. The minimum atomic E-state index is -0.0295. The summed E-state index contributed by atoms with van der Waals surface area (Å²) < 4.78 is 1.83. The molecule has 0 saturated carbocycles. The van der Waals surface area contributed by atoms with E-state index in [0.717, 1.165) is 33.9 Å². The number of benzene rings is 2. The summed E-state index contributed by atoms with van der Waals surface area (Å²) in [6.07, 6.45) is 0.408. The van der Waals surface area contributed by atoms with Crippen molar-refractivity contribution in [1.29, 1.82) is 0 Å². The maximum Gasteiger partial charge on any atom is 0.226 e. The molecule has 0 aliphatic carbocycles. The molecule has 4 nitrogen and oxygen atoms in total. The van der Waals surface area contributed by atoms with Crippen LogP contribution >= 0.6 is 22.9 Å². The van der Waals surface area contributed by atoms with Gasteiger partial charge >= 0.3 is 0 Å². The summed E-state index contributed by atoms with van der Waals surface area (Å²) in [6.45, 7) is 0. The number of carbonyl (C=O) groups excluding carboxylic acids is 1. The number of fused-ring (bicyclic) bond motifs is 1. The Bertz CT molecular complexity index is 1130. The highest BCUT2D eigenvalue weighted by Crippen LogP contribution is 2.44. The third-order valence-corrected chi connectivity index (χ3v) is 5.94. The van der Waals surface area contributed by atoms with Gasteiger partial charge in [-0.2, -0.15) is 16.4 Å². The zero-order valence-electron chi connectivity index (χ0n) is 14.8. The minimum Gasteiger partial charge on any atom is -0.310 e. The minimum absolute atomic E-state index is 0.00318. The standard InChI is InChI=1S/C22H16ClN3OS/c23-16-8-6-14(7-9-16)21-20-18(15-10-11-28-13-15)12-19(27)24-22(20)26(25-21)17-4-2-1-3-5-17/h1-11,13,18H,12H2,(H,24,27). The summed E-state index contributed by atoms with van der Waals surface area (Å²) >= 11 is 7.73. The van der Waals surface area contributed by atoms with E-state index in [2.05, 4.69) is 16.8 Å². The van der Waals surface area contributed by atoms with E-state index in [0.29, 0.717) is 11.4 Å². The van der Waals surface area contributed by atoms with E-state index in [1.165, 1.54) is 0 Å². The van der Waals surface area contributed by atoms with Crippen molar-refractivity contribution in [3.63, 3.8) is 0 Å². The quantitative estimate of drug-likeness (QED) is 0.473. The molecule has 4 aromatic rings. The number of hydrogen-bond donors (Lipinski definition) is 1. The number of nitrogens with one attached hydrogen (secondary N) is 1. The van der Waals surface area contributed by atoms with E-state index in [1.807, 2.05) is 64.7 Å². The molecule has 5 rings (SSSR count). The van der Waals surface area contributed by atoms with Crippen molar-refractivity contribution >= 4 is 34.7 Å². The van der Waals surface area contributed by atoms with Crippen molar-refractivity contribution in [3.8, 4) is 16.9 Å². The van der Waals surface area contributed by atoms with Gasteiger partial charge in [0.05, 0.1) is 11.4 Å². The second-order valence-electron chi connectivity index (χ2n) is 6.73. The van der Waals surface area contributed by atoms with Crippen molar-refractivity contribution < 1.29 is 4.79 Å². The second kappa shape index (κ2) is 6.93. The van der Waals surface area contributed by atoms with Gasteiger partial charge in [0.25, 0.3) is 0 Å². The van der Waals surface area contributed by atoms with E-state index >= 15 is 0 Å². The van der Waals surface area contributed by atoms with Crippen LogP contribution < -0.4 is 5.32 Å². The molecular formula is C22H16ClN3OS. The Morgan fingerprint density at radius 3 is 2.57 bits per heavy atom. The molecule has 1 amide bonds. The Kier molecular flexibility index (Phi) is 4.26. The Hall–Kier alpha value is -2.89. The first-order valence-corrected chi connectivity index (χ1v) is 10.3. The lowest BCUT2D eigenvalue weighted by Crippen LogP contribution is -2.24. The van der Waals surface area contributed by atoms with E-state index in [1.54, 1.807) is 11.3 Å². The molecule has 3 heterocycles. The van der Waals surface area contributed by atoms with Crippen LogP contribution in [0.1, 0.15) is 23.5 Å². The molecule has 1 aliphatic heterocycles. The molecule has 1 atom stereocenters. The highest BCUT2D eigenvalue weighted by Gasteiger charge is 2.34. The average Bonchev–Trinajstić information content (AvgIpc) is 3.37. The molecule has 1 aliphatic rings. The van der Waals surface area contributed by atoms with Crippen molar-refractivity contribution in [3.05, 3.63) is 87.6 Å². The molecule has 0 radical (unpaired) electrons. The molecule has 0 saturated heterocycles. The first-order chi connectivity index (χ1) is 13.7. The van der Waals surface area contributed by atoms with Gasteiger partial charge in [-0.05, 0) is 46.7 Å². The van der Waals surface area contributed by atoms with Crippen LogP contribution in [0.2, 0.25) is 5.02 Å². The monoisotopic (exact) mass is 405 g/mol. The van der Waals surface area contributed by atoms with Gasteiger partial charge < -0.3 is 5.32 Å². The van der Waals surface area contributed by atoms with Gasteiger partial charge in [0.15, 0.2) is 0 Å². The zero-order chi connectivity index (χ0) is 19.1. The lowest BCUT2D eigenvalue weighted by molar-refractivity contribution is -0.116. The maximum atomic E-state index is 12.5. The van der Waals surface area contributed by atoms with Crippen molar-refractivity contribution in [1.82, 2.24) is 9.78 Å². The fraction of sp³-hybridized carbons (Fsp3) is 0.0909. The van der Waals surface area contributed by atoms with Crippen LogP contribution in [-0.4, -0.2) is 15.7 Å². The highest BCUT2D eigenvalue weighted by atomic mass is 35.5. The molecule has 0 fully saturated rings. The number of rotatable bonds is 3. The number of anilines is 1. The molecular weight excluding hydrogens is 390 g/mol. The smallest absolute Gasteiger partial charge is 0.226 e. The van der Waals surface area contributed by atoms with E-state index in [4.69, 9.17) is 16.7 Å². The lowest BCUT2D eigenvalue weighted by atomic mass is 9.86. The molecule has 1 N–H and O–H groups in total. The number of amides is 1. The summed E-state index contributed by atoms with van der Waals surface area (Å²) in [5.41, 5.74) is 4.94. The van der Waals surface area contributed by atoms with Gasteiger partial charge in [-0.15, -0.1) is 0 Å². The van der Waals surface area contributed by atoms with Crippen LogP contribution in [0, 0.1) is 0 Å². The fourth-order valence-corrected chi connectivity index (χ4v) is 4.53. The molecule has 0 bridgehead atoms. The maximum absolute atomic E-state index is 12.5. The van der Waals surface area contributed by atoms with Crippen LogP contribution in [0.3, 0.4) is 0 Å². The summed E-state index contributed by atoms with van der Waals surface area (Å²) in [5.74, 6) is 0.713. The van der Waals surface area contributed by atoms with E-state index in [9.17, 15) is 4.79 Å². The molecule has 2 aromatic heterocycles. The SMILES string of the molecule is O=C1CC(c2ccsc2)c2c(-c3ccc(Cl)cc3)nn(-c3ccccc3)c2N1. The van der Waals surface area contributed by atoms with E-state index in [-0.39, 0.29) is 11.8 Å². The number of nitrogens with zero attached hydrogens (tertiary/aromatic N) is 2.